The first-order valence-electron chi connectivity index (χ1n) is 12.3. The summed E-state index contributed by atoms with van der Waals surface area (Å²) < 4.78 is 0. The largest absolute Gasteiger partial charge is 0.391 e. The molecule has 4 aliphatic carbocycles. The summed E-state index contributed by atoms with van der Waals surface area (Å²) in [6, 6.07) is 0. The molecule has 31 heavy (non-hydrogen) atoms. The molecule has 5 rings (SSSR count). The third-order valence-electron chi connectivity index (χ3n) is 10.4. The fourth-order valence-electron chi connectivity index (χ4n) is 8.43. The van der Waals surface area contributed by atoms with Crippen LogP contribution in [0.4, 0.5) is 0 Å². The number of aliphatic hydroxyl groups is 1. The minimum Gasteiger partial charge on any atom is -0.391 e. The first kappa shape index (κ1) is 21.6. The van der Waals surface area contributed by atoms with Crippen molar-refractivity contribution in [3.05, 3.63) is 0 Å². The van der Waals surface area contributed by atoms with Crippen LogP contribution < -0.4 is 5.32 Å². The first-order valence-corrected chi connectivity index (χ1v) is 12.3. The highest BCUT2D eigenvalue weighted by Crippen LogP contribution is 2.68. The van der Waals surface area contributed by atoms with Gasteiger partial charge >= 0.3 is 0 Å². The molecule has 0 spiro atoms. The van der Waals surface area contributed by atoms with E-state index >= 15 is 0 Å². The molecule has 1 aliphatic heterocycles. The Bertz CT molecular complexity index is 831. The lowest BCUT2D eigenvalue weighted by Crippen LogP contribution is -2.73. The maximum atomic E-state index is 13.8. The Hall–Kier alpha value is -1.27. The van der Waals surface area contributed by atoms with Crippen molar-refractivity contribution < 1.29 is 19.5 Å². The van der Waals surface area contributed by atoms with E-state index in [9.17, 15) is 14.7 Å². The molecular formula is C25H38N2O4. The molecule has 0 radical (unpaired) electrons. The Morgan fingerprint density at radius 1 is 1.00 bits per heavy atom. The summed E-state index contributed by atoms with van der Waals surface area (Å²) >= 11 is 0. The molecule has 6 heteroatoms. The van der Waals surface area contributed by atoms with E-state index < -0.39 is 16.4 Å². The molecule has 2 N–H and O–H groups in total. The third kappa shape index (κ3) is 2.67. The summed E-state index contributed by atoms with van der Waals surface area (Å²) in [5, 5.41) is 20.0. The van der Waals surface area contributed by atoms with Gasteiger partial charge in [-0.3, -0.25) is 9.59 Å². The molecule has 1 saturated heterocycles. The zero-order valence-electron chi connectivity index (χ0n) is 19.5. The van der Waals surface area contributed by atoms with Gasteiger partial charge in [-0.25, -0.2) is 0 Å². The van der Waals surface area contributed by atoms with Gasteiger partial charge < -0.3 is 15.3 Å². The Balaban J connectivity index is 1.48. The highest BCUT2D eigenvalue weighted by molar-refractivity contribution is 6.02. The molecule has 0 unspecified atom stereocenters. The minimum atomic E-state index is -1.45. The summed E-state index contributed by atoms with van der Waals surface area (Å²) in [6.45, 7) is 9.95. The van der Waals surface area contributed by atoms with Crippen LogP contribution in [0.15, 0.2) is 5.16 Å². The van der Waals surface area contributed by atoms with Crippen molar-refractivity contribution in [2.45, 2.75) is 90.8 Å². The number of rotatable bonds is 2. The number of fused-ring (bicyclic) bond motifs is 5. The Kier molecular flexibility index (Phi) is 4.78. The molecular weight excluding hydrogens is 392 g/mol. The Labute approximate surface area is 185 Å². The molecule has 0 bridgehead atoms. The standard InChI is InChI=1S/C25H38N2O4/c1-22(2)19(27-31-15-9-12-26-14-15)8-11-24(4)18-7-10-23(3)17(5-6-20(23)28)16(18)13-21(29)25(22,24)30/h15-18,26,30H,5-14H2,1-4H3/b27-19+/t15-,16+,17+,18+,23+,24-,25-/m1/s1. The van der Waals surface area contributed by atoms with Crippen molar-refractivity contribution in [2.24, 2.45) is 39.2 Å². The summed E-state index contributed by atoms with van der Waals surface area (Å²) in [5.74, 6) is 1.07. The number of oxime groups is 1. The summed E-state index contributed by atoms with van der Waals surface area (Å²) in [6.07, 6.45) is 6.21. The molecule has 5 fully saturated rings. The molecule has 172 valence electrons. The highest BCUT2D eigenvalue weighted by Gasteiger charge is 2.72. The number of carbonyl (C=O) groups excluding carboxylic acids is 2. The number of nitrogens with one attached hydrogen (secondary N) is 1. The Morgan fingerprint density at radius 3 is 2.48 bits per heavy atom. The topological polar surface area (TPSA) is 88.0 Å². The second-order valence-corrected chi connectivity index (χ2v) is 11.9. The lowest BCUT2D eigenvalue weighted by molar-refractivity contribution is -0.217. The van der Waals surface area contributed by atoms with E-state index in [0.29, 0.717) is 18.6 Å². The zero-order valence-corrected chi connectivity index (χ0v) is 19.5. The first-order chi connectivity index (χ1) is 14.6. The van der Waals surface area contributed by atoms with E-state index in [1.807, 2.05) is 13.8 Å². The third-order valence-corrected chi connectivity index (χ3v) is 10.4. The van der Waals surface area contributed by atoms with Gasteiger partial charge in [0.2, 0.25) is 0 Å². The molecule has 0 amide bonds. The fourth-order valence-corrected chi connectivity index (χ4v) is 8.43. The molecule has 6 nitrogen and oxygen atoms in total. The maximum Gasteiger partial charge on any atom is 0.166 e. The van der Waals surface area contributed by atoms with Crippen LogP contribution in [0.2, 0.25) is 0 Å². The second-order valence-electron chi connectivity index (χ2n) is 11.9. The molecule has 4 saturated carbocycles. The average molecular weight is 431 g/mol. The van der Waals surface area contributed by atoms with Gasteiger partial charge in [-0.1, -0.05) is 32.9 Å². The van der Waals surface area contributed by atoms with Gasteiger partial charge in [0.25, 0.3) is 0 Å². The van der Waals surface area contributed by atoms with Gasteiger partial charge in [0.15, 0.2) is 5.78 Å². The quantitative estimate of drug-likeness (QED) is 0.657. The van der Waals surface area contributed by atoms with Gasteiger partial charge in [-0.2, -0.15) is 0 Å². The maximum absolute atomic E-state index is 13.8. The van der Waals surface area contributed by atoms with Gasteiger partial charge in [-0.05, 0) is 56.4 Å². The smallest absolute Gasteiger partial charge is 0.166 e. The molecule has 1 heterocycles. The van der Waals surface area contributed by atoms with Crippen molar-refractivity contribution in [2.75, 3.05) is 13.1 Å². The second kappa shape index (κ2) is 6.86. The highest BCUT2D eigenvalue weighted by atomic mass is 16.6. The van der Waals surface area contributed by atoms with Crippen LogP contribution in [0.25, 0.3) is 0 Å². The fraction of sp³-hybridized carbons (Fsp3) is 0.880. The number of ketones is 2. The monoisotopic (exact) mass is 430 g/mol. The van der Waals surface area contributed by atoms with Crippen LogP contribution in [0, 0.1) is 34.0 Å². The predicted molar refractivity (Wildman–Crippen MR) is 118 cm³/mol. The number of hydrogen-bond donors (Lipinski definition) is 2. The average Bonchev–Trinajstić information content (AvgIpc) is 3.33. The predicted octanol–water partition coefficient (Wildman–Crippen LogP) is 3.26. The van der Waals surface area contributed by atoms with Crippen LogP contribution in [0.1, 0.15) is 79.1 Å². The molecule has 0 aromatic carbocycles. The summed E-state index contributed by atoms with van der Waals surface area (Å²) in [5.41, 5.74) is -2.19. The van der Waals surface area contributed by atoms with E-state index in [1.165, 1.54) is 0 Å². The number of Topliss-reactive ketones (excluding diaryl/α,β-unsaturated/α-hetero) is 2. The molecule has 7 atom stereocenters. The summed E-state index contributed by atoms with van der Waals surface area (Å²) in [4.78, 5) is 32.3. The van der Waals surface area contributed by atoms with Gasteiger partial charge in [-0.15, -0.1) is 0 Å². The SMILES string of the molecule is CC1(C)/C(=N/O[C@@H]2CCNC2)CC[C@]2(C)[C@H]3CC[C@]4(C)C(=O)CC[C@H]4[C@@H]3CC(=O)[C@@]12O. The van der Waals surface area contributed by atoms with Crippen molar-refractivity contribution in [1.82, 2.24) is 5.32 Å². The van der Waals surface area contributed by atoms with Crippen LogP contribution >= 0.6 is 0 Å². The lowest BCUT2D eigenvalue weighted by Gasteiger charge is -2.65. The van der Waals surface area contributed by atoms with Crippen molar-refractivity contribution >= 4 is 17.3 Å². The minimum absolute atomic E-state index is 0.0558. The van der Waals surface area contributed by atoms with Gasteiger partial charge in [0, 0.05) is 42.1 Å². The van der Waals surface area contributed by atoms with Crippen LogP contribution in [-0.2, 0) is 14.4 Å². The van der Waals surface area contributed by atoms with Crippen molar-refractivity contribution in [3.8, 4) is 0 Å². The van der Waals surface area contributed by atoms with Crippen LogP contribution in [0.5, 0.6) is 0 Å². The zero-order chi connectivity index (χ0) is 22.2. The van der Waals surface area contributed by atoms with E-state index in [4.69, 9.17) is 4.84 Å². The van der Waals surface area contributed by atoms with E-state index in [1.54, 1.807) is 0 Å². The van der Waals surface area contributed by atoms with Gasteiger partial charge in [0.1, 0.15) is 17.5 Å². The van der Waals surface area contributed by atoms with E-state index in [2.05, 4.69) is 24.3 Å². The Morgan fingerprint density at radius 2 is 1.77 bits per heavy atom. The number of hydrogen-bond acceptors (Lipinski definition) is 6. The number of carbonyl (C=O) groups is 2. The van der Waals surface area contributed by atoms with Crippen LogP contribution in [-0.4, -0.2) is 47.2 Å². The van der Waals surface area contributed by atoms with Crippen molar-refractivity contribution in [1.29, 1.82) is 0 Å². The number of nitrogens with zero attached hydrogens (tertiary/aromatic N) is 1. The molecule has 0 aromatic rings. The van der Waals surface area contributed by atoms with Gasteiger partial charge in [0.05, 0.1) is 5.71 Å². The van der Waals surface area contributed by atoms with Crippen LogP contribution in [0.3, 0.4) is 0 Å². The molecule has 5 aliphatic rings. The molecule has 0 aromatic heterocycles. The summed E-state index contributed by atoms with van der Waals surface area (Å²) in [7, 11) is 0. The van der Waals surface area contributed by atoms with E-state index in [-0.39, 0.29) is 35.1 Å². The lowest BCUT2D eigenvalue weighted by atomic mass is 9.39. The van der Waals surface area contributed by atoms with E-state index in [0.717, 1.165) is 57.3 Å². The normalized spacial score (nSPS) is 50.2. The van der Waals surface area contributed by atoms with Crippen molar-refractivity contribution in [3.63, 3.8) is 0 Å².